The Balaban J connectivity index is 2.54. The van der Waals surface area contributed by atoms with Gasteiger partial charge in [0.15, 0.2) is 0 Å². The van der Waals surface area contributed by atoms with E-state index in [1.54, 1.807) is 12.1 Å². The van der Waals surface area contributed by atoms with Crippen molar-refractivity contribution in [1.29, 1.82) is 0 Å². The van der Waals surface area contributed by atoms with Crippen LogP contribution in [-0.4, -0.2) is 17.1 Å². The zero-order valence-corrected chi connectivity index (χ0v) is 9.80. The molecule has 0 spiro atoms. The van der Waals surface area contributed by atoms with Crippen molar-refractivity contribution in [3.05, 3.63) is 35.4 Å². The van der Waals surface area contributed by atoms with E-state index in [1.165, 1.54) is 0 Å². The number of benzene rings is 1. The van der Waals surface area contributed by atoms with E-state index in [-0.39, 0.29) is 17.1 Å². The normalized spacial score (nSPS) is 9.47. The van der Waals surface area contributed by atoms with Crippen LogP contribution in [0.4, 0.5) is 0 Å². The Morgan fingerprint density at radius 2 is 1.80 bits per heavy atom. The van der Waals surface area contributed by atoms with E-state index in [0.717, 1.165) is 5.56 Å². The van der Waals surface area contributed by atoms with Crippen LogP contribution in [0.25, 0.3) is 0 Å². The smallest absolute Gasteiger partial charge is 0.269 e. The predicted molar refractivity (Wildman–Crippen MR) is 60.6 cm³/mol. The van der Waals surface area contributed by atoms with Gasteiger partial charge in [-0.05, 0) is 19.1 Å². The molecule has 0 bridgehead atoms. The molecule has 1 rings (SSSR count). The maximum atomic E-state index is 11.4. The summed E-state index contributed by atoms with van der Waals surface area (Å²) in [5.74, 6) is -0.625. The molecule has 0 saturated carbocycles. The molecule has 0 aliphatic carbocycles. The van der Waals surface area contributed by atoms with Gasteiger partial charge < -0.3 is 0 Å². The molecule has 0 fully saturated rings. The number of hydrogen-bond donors (Lipinski definition) is 2. The molecule has 0 radical (unpaired) electrons. The monoisotopic (exact) mass is 270 g/mol. The minimum Gasteiger partial charge on any atom is -0.272 e. The van der Waals surface area contributed by atoms with Crippen LogP contribution in [-0.2, 0) is 4.79 Å². The first kappa shape index (κ1) is 11.7. The molecule has 0 aromatic heterocycles. The van der Waals surface area contributed by atoms with Gasteiger partial charge in [0.25, 0.3) is 5.91 Å². The molecule has 0 aliphatic rings. The summed E-state index contributed by atoms with van der Waals surface area (Å²) in [5.41, 5.74) is 6.15. The fourth-order valence-corrected chi connectivity index (χ4v) is 1.08. The van der Waals surface area contributed by atoms with E-state index in [9.17, 15) is 9.59 Å². The van der Waals surface area contributed by atoms with Gasteiger partial charge in [-0.1, -0.05) is 33.6 Å². The lowest BCUT2D eigenvalue weighted by Crippen LogP contribution is -2.42. The summed E-state index contributed by atoms with van der Waals surface area (Å²) in [6.45, 7) is 1.94. The first-order chi connectivity index (χ1) is 7.13. The van der Waals surface area contributed by atoms with E-state index < -0.39 is 0 Å². The average Bonchev–Trinajstić information content (AvgIpc) is 2.26. The molecule has 1 aromatic carbocycles. The SMILES string of the molecule is Cc1ccc(C(=O)NNC(=O)CBr)cc1. The van der Waals surface area contributed by atoms with Crippen LogP contribution < -0.4 is 10.9 Å². The third-order valence-corrected chi connectivity index (χ3v) is 2.26. The Hall–Kier alpha value is -1.36. The fraction of sp³-hybridized carbons (Fsp3) is 0.200. The predicted octanol–water partition coefficient (Wildman–Crippen LogP) is 1.15. The van der Waals surface area contributed by atoms with Crippen LogP contribution in [0.3, 0.4) is 0 Å². The third kappa shape index (κ3) is 3.71. The number of carbonyl (C=O) groups excluding carboxylic acids is 2. The van der Waals surface area contributed by atoms with Crippen LogP contribution in [0.15, 0.2) is 24.3 Å². The summed E-state index contributed by atoms with van der Waals surface area (Å²) in [7, 11) is 0. The van der Waals surface area contributed by atoms with Crippen LogP contribution in [0.2, 0.25) is 0 Å². The molecule has 1 aromatic rings. The van der Waals surface area contributed by atoms with Gasteiger partial charge in [-0.2, -0.15) is 0 Å². The number of hydrogen-bond acceptors (Lipinski definition) is 2. The number of rotatable bonds is 2. The Labute approximate surface area is 96.2 Å². The van der Waals surface area contributed by atoms with Gasteiger partial charge in [0.1, 0.15) is 0 Å². The van der Waals surface area contributed by atoms with E-state index >= 15 is 0 Å². The zero-order chi connectivity index (χ0) is 11.3. The Kier molecular flexibility index (Phi) is 4.30. The second-order valence-corrected chi connectivity index (χ2v) is 3.56. The molecule has 80 valence electrons. The molecule has 15 heavy (non-hydrogen) atoms. The highest BCUT2D eigenvalue weighted by Crippen LogP contribution is 2.02. The van der Waals surface area contributed by atoms with Crippen molar-refractivity contribution < 1.29 is 9.59 Å². The second kappa shape index (κ2) is 5.50. The van der Waals surface area contributed by atoms with Crippen LogP contribution in [0.5, 0.6) is 0 Å². The third-order valence-electron chi connectivity index (χ3n) is 1.75. The van der Waals surface area contributed by atoms with Gasteiger partial charge in [-0.25, -0.2) is 0 Å². The van der Waals surface area contributed by atoms with Crippen molar-refractivity contribution in [1.82, 2.24) is 10.9 Å². The van der Waals surface area contributed by atoms with Gasteiger partial charge >= 0.3 is 0 Å². The van der Waals surface area contributed by atoms with Crippen molar-refractivity contribution in [3.8, 4) is 0 Å². The number of amides is 2. The van der Waals surface area contributed by atoms with Crippen molar-refractivity contribution in [2.24, 2.45) is 0 Å². The number of aryl methyl sites for hydroxylation is 1. The highest BCUT2D eigenvalue weighted by molar-refractivity contribution is 9.09. The molecule has 0 atom stereocenters. The topological polar surface area (TPSA) is 58.2 Å². The van der Waals surface area contributed by atoms with Crippen molar-refractivity contribution in [2.75, 3.05) is 5.33 Å². The minimum absolute atomic E-state index is 0.154. The standard InChI is InChI=1S/C10H11BrN2O2/c1-7-2-4-8(5-3-7)10(15)13-12-9(14)6-11/h2-5H,6H2,1H3,(H,12,14)(H,13,15). The molecular formula is C10H11BrN2O2. The quantitative estimate of drug-likeness (QED) is 0.626. The number of alkyl halides is 1. The first-order valence-electron chi connectivity index (χ1n) is 4.35. The Morgan fingerprint density at radius 3 is 2.33 bits per heavy atom. The summed E-state index contributed by atoms with van der Waals surface area (Å²) in [6.07, 6.45) is 0. The molecule has 0 unspecified atom stereocenters. The molecule has 0 heterocycles. The van der Waals surface area contributed by atoms with Crippen molar-refractivity contribution >= 4 is 27.7 Å². The highest BCUT2D eigenvalue weighted by Gasteiger charge is 2.05. The Bertz CT molecular complexity index is 362. The van der Waals surface area contributed by atoms with Gasteiger partial charge in [0.2, 0.25) is 5.91 Å². The molecule has 4 nitrogen and oxygen atoms in total. The lowest BCUT2D eigenvalue weighted by Gasteiger charge is -2.05. The summed E-state index contributed by atoms with van der Waals surface area (Å²) >= 11 is 2.97. The Morgan fingerprint density at radius 1 is 1.20 bits per heavy atom. The molecule has 0 saturated heterocycles. The number of carbonyl (C=O) groups is 2. The second-order valence-electron chi connectivity index (χ2n) is 3.00. The summed E-state index contributed by atoms with van der Waals surface area (Å²) in [4.78, 5) is 22.3. The molecule has 2 N–H and O–H groups in total. The van der Waals surface area contributed by atoms with Gasteiger partial charge in [-0.3, -0.25) is 20.4 Å². The molecule has 2 amide bonds. The maximum Gasteiger partial charge on any atom is 0.269 e. The summed E-state index contributed by atoms with van der Waals surface area (Å²) in [6, 6.07) is 7.07. The number of nitrogens with one attached hydrogen (secondary N) is 2. The maximum absolute atomic E-state index is 11.4. The minimum atomic E-state index is -0.329. The summed E-state index contributed by atoms with van der Waals surface area (Å²) in [5, 5.41) is 0.154. The molecule has 0 aliphatic heterocycles. The first-order valence-corrected chi connectivity index (χ1v) is 5.47. The van der Waals surface area contributed by atoms with Crippen LogP contribution in [0.1, 0.15) is 15.9 Å². The lowest BCUT2D eigenvalue weighted by molar-refractivity contribution is -0.119. The fourth-order valence-electron chi connectivity index (χ4n) is 0.937. The largest absolute Gasteiger partial charge is 0.272 e. The van der Waals surface area contributed by atoms with Crippen molar-refractivity contribution in [2.45, 2.75) is 6.92 Å². The van der Waals surface area contributed by atoms with Gasteiger partial charge in [0, 0.05) is 5.56 Å². The summed E-state index contributed by atoms with van der Waals surface area (Å²) < 4.78 is 0. The van der Waals surface area contributed by atoms with Crippen LogP contribution >= 0.6 is 15.9 Å². The van der Waals surface area contributed by atoms with Crippen LogP contribution in [0, 0.1) is 6.92 Å². The van der Waals surface area contributed by atoms with E-state index in [0.29, 0.717) is 5.56 Å². The molecular weight excluding hydrogens is 260 g/mol. The molecule has 5 heteroatoms. The van der Waals surface area contributed by atoms with E-state index in [4.69, 9.17) is 0 Å². The number of halogens is 1. The lowest BCUT2D eigenvalue weighted by atomic mass is 10.1. The van der Waals surface area contributed by atoms with E-state index in [1.807, 2.05) is 19.1 Å². The van der Waals surface area contributed by atoms with Gasteiger partial charge in [0.05, 0.1) is 5.33 Å². The number of hydrazine groups is 1. The average molecular weight is 271 g/mol. The van der Waals surface area contributed by atoms with E-state index in [2.05, 4.69) is 26.8 Å². The zero-order valence-electron chi connectivity index (χ0n) is 8.21. The van der Waals surface area contributed by atoms with Crippen molar-refractivity contribution in [3.63, 3.8) is 0 Å². The van der Waals surface area contributed by atoms with Gasteiger partial charge in [-0.15, -0.1) is 0 Å². The highest BCUT2D eigenvalue weighted by atomic mass is 79.9.